The van der Waals surface area contributed by atoms with E-state index < -0.39 is 0 Å². The lowest BCUT2D eigenvalue weighted by molar-refractivity contribution is -0.140. The van der Waals surface area contributed by atoms with E-state index in [4.69, 9.17) is 5.73 Å². The first-order valence-electron chi connectivity index (χ1n) is 6.25. The lowest BCUT2D eigenvalue weighted by Crippen LogP contribution is -2.36. The van der Waals surface area contributed by atoms with Gasteiger partial charge in [-0.25, -0.2) is 0 Å². The Balaban J connectivity index is 2.14. The van der Waals surface area contributed by atoms with E-state index in [0.717, 1.165) is 38.4 Å². The minimum atomic E-state index is -0.101. The number of carbonyl (C=O) groups is 1. The zero-order valence-corrected chi connectivity index (χ0v) is 10.3. The van der Waals surface area contributed by atoms with Crippen molar-refractivity contribution in [3.63, 3.8) is 0 Å². The Morgan fingerprint density at radius 1 is 1.56 bits per heavy atom. The van der Waals surface area contributed by atoms with Gasteiger partial charge in [-0.15, -0.1) is 0 Å². The summed E-state index contributed by atoms with van der Waals surface area (Å²) in [5.41, 5.74) is 5.58. The van der Waals surface area contributed by atoms with Crippen LogP contribution in [-0.2, 0) is 9.53 Å². The number of hydrogen-bond acceptors (Lipinski definition) is 4. The Morgan fingerprint density at radius 3 is 3.06 bits per heavy atom. The van der Waals surface area contributed by atoms with Gasteiger partial charge in [-0.2, -0.15) is 0 Å². The average Bonchev–Trinajstić information content (AvgIpc) is 2.30. The predicted octanol–water partition coefficient (Wildman–Crippen LogP) is 1.00. The number of nitrogens with zero attached hydrogens (tertiary/aromatic N) is 1. The zero-order chi connectivity index (χ0) is 11.8. The second kappa shape index (κ2) is 7.63. The van der Waals surface area contributed by atoms with Gasteiger partial charge in [0, 0.05) is 13.0 Å². The van der Waals surface area contributed by atoms with Gasteiger partial charge in [-0.1, -0.05) is 0 Å². The van der Waals surface area contributed by atoms with Crippen LogP contribution in [0.15, 0.2) is 0 Å². The number of rotatable bonds is 6. The summed E-state index contributed by atoms with van der Waals surface area (Å²) in [6, 6.07) is 0. The Labute approximate surface area is 98.1 Å². The maximum absolute atomic E-state index is 11.0. The molecule has 4 heteroatoms. The molecule has 0 amide bonds. The highest BCUT2D eigenvalue weighted by Gasteiger charge is 2.18. The van der Waals surface area contributed by atoms with Gasteiger partial charge in [-0.05, 0) is 51.2 Å². The number of carbonyl (C=O) groups excluding carboxylic acids is 1. The molecule has 2 N–H and O–H groups in total. The number of ether oxygens (including phenoxy) is 1. The van der Waals surface area contributed by atoms with E-state index in [2.05, 4.69) is 9.64 Å². The van der Waals surface area contributed by atoms with Crippen LogP contribution in [0.25, 0.3) is 0 Å². The number of methoxy groups -OCH3 is 1. The third-order valence-corrected chi connectivity index (χ3v) is 3.26. The van der Waals surface area contributed by atoms with Crippen LogP contribution in [-0.4, -0.2) is 44.2 Å². The molecule has 1 heterocycles. The largest absolute Gasteiger partial charge is 0.469 e. The number of likely N-dealkylation sites (tertiary alicyclic amines) is 1. The van der Waals surface area contributed by atoms with Crippen LogP contribution in [0.5, 0.6) is 0 Å². The van der Waals surface area contributed by atoms with Crippen LogP contribution < -0.4 is 5.73 Å². The molecule has 0 aliphatic carbocycles. The molecule has 0 spiro atoms. The molecule has 1 saturated heterocycles. The van der Waals surface area contributed by atoms with Crippen molar-refractivity contribution in [2.45, 2.75) is 32.1 Å². The fourth-order valence-corrected chi connectivity index (χ4v) is 2.37. The van der Waals surface area contributed by atoms with E-state index in [0.29, 0.717) is 6.42 Å². The summed E-state index contributed by atoms with van der Waals surface area (Å²) < 4.78 is 4.63. The summed E-state index contributed by atoms with van der Waals surface area (Å²) in [6.07, 6.45) is 5.15. The maximum atomic E-state index is 11.0. The quantitative estimate of drug-likeness (QED) is 0.689. The molecule has 4 nitrogen and oxygen atoms in total. The number of nitrogens with two attached hydrogens (primary N) is 1. The van der Waals surface area contributed by atoms with Gasteiger partial charge in [0.15, 0.2) is 0 Å². The van der Waals surface area contributed by atoms with Crippen LogP contribution in [0.1, 0.15) is 32.1 Å². The number of esters is 1. The van der Waals surface area contributed by atoms with E-state index in [9.17, 15) is 4.79 Å². The average molecular weight is 228 g/mol. The lowest BCUT2D eigenvalue weighted by atomic mass is 9.95. The molecule has 0 radical (unpaired) electrons. The third-order valence-electron chi connectivity index (χ3n) is 3.26. The van der Waals surface area contributed by atoms with Crippen molar-refractivity contribution in [2.24, 2.45) is 11.7 Å². The van der Waals surface area contributed by atoms with Gasteiger partial charge in [0.25, 0.3) is 0 Å². The molecule has 0 bridgehead atoms. The SMILES string of the molecule is COC(=O)CCCN1CCCC(CCN)C1. The van der Waals surface area contributed by atoms with Gasteiger partial charge in [0.05, 0.1) is 7.11 Å². The highest BCUT2D eigenvalue weighted by Crippen LogP contribution is 2.19. The molecular weight excluding hydrogens is 204 g/mol. The molecular formula is C12H24N2O2. The molecule has 0 aromatic heterocycles. The zero-order valence-electron chi connectivity index (χ0n) is 10.3. The van der Waals surface area contributed by atoms with E-state index in [-0.39, 0.29) is 5.97 Å². The first-order chi connectivity index (χ1) is 7.76. The van der Waals surface area contributed by atoms with Crippen LogP contribution in [0.2, 0.25) is 0 Å². The Kier molecular flexibility index (Phi) is 6.42. The molecule has 1 aliphatic rings. The highest BCUT2D eigenvalue weighted by atomic mass is 16.5. The minimum absolute atomic E-state index is 0.101. The van der Waals surface area contributed by atoms with Gasteiger partial charge < -0.3 is 15.4 Å². The molecule has 0 aromatic rings. The van der Waals surface area contributed by atoms with Gasteiger partial charge in [-0.3, -0.25) is 4.79 Å². The summed E-state index contributed by atoms with van der Waals surface area (Å²) >= 11 is 0. The molecule has 94 valence electrons. The molecule has 1 unspecified atom stereocenters. The van der Waals surface area contributed by atoms with Crippen molar-refractivity contribution >= 4 is 5.97 Å². The monoisotopic (exact) mass is 228 g/mol. The fourth-order valence-electron chi connectivity index (χ4n) is 2.37. The van der Waals surface area contributed by atoms with Crippen molar-refractivity contribution in [1.82, 2.24) is 4.90 Å². The molecule has 1 atom stereocenters. The first-order valence-corrected chi connectivity index (χ1v) is 6.25. The van der Waals surface area contributed by atoms with Crippen molar-refractivity contribution in [3.8, 4) is 0 Å². The smallest absolute Gasteiger partial charge is 0.305 e. The van der Waals surface area contributed by atoms with E-state index >= 15 is 0 Å². The van der Waals surface area contributed by atoms with Gasteiger partial charge in [0.1, 0.15) is 0 Å². The number of hydrogen-bond donors (Lipinski definition) is 1. The van der Waals surface area contributed by atoms with Crippen LogP contribution in [0.4, 0.5) is 0 Å². The van der Waals surface area contributed by atoms with Gasteiger partial charge >= 0.3 is 5.97 Å². The Hall–Kier alpha value is -0.610. The minimum Gasteiger partial charge on any atom is -0.469 e. The highest BCUT2D eigenvalue weighted by molar-refractivity contribution is 5.69. The summed E-state index contributed by atoms with van der Waals surface area (Å²) in [4.78, 5) is 13.4. The van der Waals surface area contributed by atoms with E-state index in [1.165, 1.54) is 26.5 Å². The third kappa shape index (κ3) is 4.94. The fraction of sp³-hybridized carbons (Fsp3) is 0.917. The molecule has 1 fully saturated rings. The Morgan fingerprint density at radius 2 is 2.38 bits per heavy atom. The van der Waals surface area contributed by atoms with E-state index in [1.807, 2.05) is 0 Å². The summed E-state index contributed by atoms with van der Waals surface area (Å²) in [5.74, 6) is 0.660. The lowest BCUT2D eigenvalue weighted by Gasteiger charge is -2.32. The van der Waals surface area contributed by atoms with Crippen molar-refractivity contribution in [2.75, 3.05) is 33.3 Å². The standard InChI is InChI=1S/C12H24N2O2/c1-16-12(15)5-3-9-14-8-2-4-11(10-14)6-7-13/h11H,2-10,13H2,1H3. The van der Waals surface area contributed by atoms with Crippen LogP contribution in [0.3, 0.4) is 0 Å². The van der Waals surface area contributed by atoms with Gasteiger partial charge in [0.2, 0.25) is 0 Å². The molecule has 1 aliphatic heterocycles. The van der Waals surface area contributed by atoms with Crippen molar-refractivity contribution in [1.29, 1.82) is 0 Å². The molecule has 0 saturated carbocycles. The topological polar surface area (TPSA) is 55.6 Å². The second-order valence-electron chi connectivity index (χ2n) is 4.57. The van der Waals surface area contributed by atoms with E-state index in [1.54, 1.807) is 0 Å². The summed E-state index contributed by atoms with van der Waals surface area (Å²) in [6.45, 7) is 4.12. The normalized spacial score (nSPS) is 22.0. The summed E-state index contributed by atoms with van der Waals surface area (Å²) in [7, 11) is 1.44. The number of piperidine rings is 1. The molecule has 0 aromatic carbocycles. The predicted molar refractivity (Wildman–Crippen MR) is 64.1 cm³/mol. The Bertz CT molecular complexity index is 207. The summed E-state index contributed by atoms with van der Waals surface area (Å²) in [5, 5.41) is 0. The van der Waals surface area contributed by atoms with Crippen LogP contribution >= 0.6 is 0 Å². The van der Waals surface area contributed by atoms with Crippen molar-refractivity contribution < 1.29 is 9.53 Å². The first kappa shape index (κ1) is 13.5. The second-order valence-corrected chi connectivity index (χ2v) is 4.57. The van der Waals surface area contributed by atoms with Crippen LogP contribution in [0, 0.1) is 5.92 Å². The maximum Gasteiger partial charge on any atom is 0.305 e. The van der Waals surface area contributed by atoms with Crippen molar-refractivity contribution in [3.05, 3.63) is 0 Å². The molecule has 16 heavy (non-hydrogen) atoms. The molecule has 1 rings (SSSR count).